The van der Waals surface area contributed by atoms with E-state index in [9.17, 15) is 13.5 Å². The minimum Gasteiger partial charge on any atom is -0.396 e. The van der Waals surface area contributed by atoms with Crippen LogP contribution in [0.15, 0.2) is 59.5 Å². The third-order valence-corrected chi connectivity index (χ3v) is 5.89. The van der Waals surface area contributed by atoms with Crippen molar-refractivity contribution in [3.63, 3.8) is 0 Å². The van der Waals surface area contributed by atoms with Crippen molar-refractivity contribution >= 4 is 10.1 Å². The fourth-order valence-electron chi connectivity index (χ4n) is 2.95. The van der Waals surface area contributed by atoms with Gasteiger partial charge < -0.3 is 5.11 Å². The molecule has 0 saturated heterocycles. The summed E-state index contributed by atoms with van der Waals surface area (Å²) in [4.78, 5) is 0.142. The first-order valence-corrected chi connectivity index (χ1v) is 10.6. The number of aliphatic hydroxyl groups excluding tert-OH is 1. The van der Waals surface area contributed by atoms with Crippen molar-refractivity contribution < 1.29 is 22.1 Å². The Labute approximate surface area is 161 Å². The van der Waals surface area contributed by atoms with Crippen LogP contribution in [0.3, 0.4) is 0 Å². The second kappa shape index (κ2) is 9.97. The summed E-state index contributed by atoms with van der Waals surface area (Å²) in [6.45, 7) is 1.73. The van der Waals surface area contributed by atoms with Crippen molar-refractivity contribution in [2.45, 2.75) is 49.6 Å². The highest BCUT2D eigenvalue weighted by molar-refractivity contribution is 7.86. The number of hydrogen-bond acceptors (Lipinski definition) is 4. The van der Waals surface area contributed by atoms with Crippen molar-refractivity contribution in [2.75, 3.05) is 13.2 Å². The Balaban J connectivity index is 1.78. The van der Waals surface area contributed by atoms with Crippen LogP contribution in [0.25, 0.3) is 0 Å². The van der Waals surface area contributed by atoms with E-state index in [1.165, 1.54) is 12.1 Å². The summed E-state index contributed by atoms with van der Waals surface area (Å²) in [5, 5.41) is 9.19. The molecule has 1 atom stereocenters. The van der Waals surface area contributed by atoms with Crippen LogP contribution in [0.2, 0.25) is 0 Å². The molecule has 2 aromatic carbocycles. The van der Waals surface area contributed by atoms with Gasteiger partial charge in [-0.05, 0) is 43.9 Å². The van der Waals surface area contributed by atoms with Crippen LogP contribution in [0.1, 0.15) is 43.2 Å². The van der Waals surface area contributed by atoms with E-state index in [-0.39, 0.29) is 31.0 Å². The molecule has 0 aromatic heterocycles. The summed E-state index contributed by atoms with van der Waals surface area (Å²) < 4.78 is 44.4. The zero-order chi connectivity index (χ0) is 19.8. The first-order chi connectivity index (χ1) is 12.9. The molecule has 0 heterocycles. The average molecular weight is 395 g/mol. The smallest absolute Gasteiger partial charge is 0.296 e. The van der Waals surface area contributed by atoms with Gasteiger partial charge in [0, 0.05) is 13.0 Å². The van der Waals surface area contributed by atoms with Crippen molar-refractivity contribution in [3.05, 3.63) is 65.7 Å². The van der Waals surface area contributed by atoms with Gasteiger partial charge in [0.25, 0.3) is 10.1 Å². The standard InChI is InChI=1S/C21H27FO4S/c1-18-10-12-20(13-11-18)27(24,25)26-17-7-3-6-14-21(22,15-16-23)19-8-4-2-5-9-19/h2,4-5,8-13,23H,3,6-7,14-17H2,1H3/t21-/m1/s1. The summed E-state index contributed by atoms with van der Waals surface area (Å²) >= 11 is 0. The zero-order valence-corrected chi connectivity index (χ0v) is 16.4. The van der Waals surface area contributed by atoms with Crippen molar-refractivity contribution in [2.24, 2.45) is 0 Å². The number of alkyl halides is 1. The topological polar surface area (TPSA) is 63.6 Å². The molecule has 27 heavy (non-hydrogen) atoms. The van der Waals surface area contributed by atoms with E-state index in [1.807, 2.05) is 13.0 Å². The Morgan fingerprint density at radius 1 is 0.963 bits per heavy atom. The molecular weight excluding hydrogens is 367 g/mol. The second-order valence-electron chi connectivity index (χ2n) is 6.70. The quantitative estimate of drug-likeness (QED) is 0.450. The highest BCUT2D eigenvalue weighted by Crippen LogP contribution is 2.35. The lowest BCUT2D eigenvalue weighted by Crippen LogP contribution is -2.21. The lowest BCUT2D eigenvalue weighted by Gasteiger charge is -2.25. The third kappa shape index (κ3) is 6.41. The Hall–Kier alpha value is -1.76. The van der Waals surface area contributed by atoms with Gasteiger partial charge in [0.1, 0.15) is 5.67 Å². The summed E-state index contributed by atoms with van der Waals surface area (Å²) in [6, 6.07) is 15.3. The van der Waals surface area contributed by atoms with Crippen LogP contribution in [0.5, 0.6) is 0 Å². The van der Waals surface area contributed by atoms with Crippen LogP contribution in [-0.4, -0.2) is 26.7 Å². The Bertz CT molecular complexity index is 791. The molecule has 0 amide bonds. The number of hydrogen-bond donors (Lipinski definition) is 1. The molecule has 0 aliphatic rings. The fraction of sp³-hybridized carbons (Fsp3) is 0.429. The van der Waals surface area contributed by atoms with E-state index in [1.54, 1.807) is 36.4 Å². The average Bonchev–Trinajstić information content (AvgIpc) is 2.66. The van der Waals surface area contributed by atoms with E-state index < -0.39 is 15.8 Å². The molecule has 0 fully saturated rings. The number of rotatable bonds is 11. The summed E-state index contributed by atoms with van der Waals surface area (Å²) in [5.74, 6) is 0. The SMILES string of the molecule is Cc1ccc(S(=O)(=O)OCCCCC[C@@](F)(CCO)c2ccccc2)cc1. The predicted molar refractivity (Wildman–Crippen MR) is 104 cm³/mol. The number of aliphatic hydroxyl groups is 1. The molecule has 0 aliphatic carbocycles. The molecule has 4 nitrogen and oxygen atoms in total. The Kier molecular flexibility index (Phi) is 7.95. The minimum absolute atomic E-state index is 0.0509. The molecule has 0 unspecified atom stereocenters. The van der Waals surface area contributed by atoms with Gasteiger partial charge in [-0.1, -0.05) is 54.4 Å². The molecule has 2 aromatic rings. The van der Waals surface area contributed by atoms with Crippen LogP contribution in [0.4, 0.5) is 4.39 Å². The Morgan fingerprint density at radius 2 is 1.63 bits per heavy atom. The molecule has 2 rings (SSSR count). The van der Waals surface area contributed by atoms with Gasteiger partial charge >= 0.3 is 0 Å². The highest BCUT2D eigenvalue weighted by atomic mass is 32.2. The molecule has 0 spiro atoms. The van der Waals surface area contributed by atoms with Gasteiger partial charge in [-0.15, -0.1) is 0 Å². The second-order valence-corrected chi connectivity index (χ2v) is 8.32. The van der Waals surface area contributed by atoms with E-state index in [0.29, 0.717) is 24.8 Å². The van der Waals surface area contributed by atoms with Crippen LogP contribution in [-0.2, 0) is 20.0 Å². The number of benzene rings is 2. The summed E-state index contributed by atoms with van der Waals surface area (Å²) in [5.41, 5.74) is -0.0209. The molecule has 0 saturated carbocycles. The number of halogens is 1. The zero-order valence-electron chi connectivity index (χ0n) is 15.6. The third-order valence-electron chi connectivity index (χ3n) is 4.56. The van der Waals surface area contributed by atoms with E-state index in [2.05, 4.69) is 0 Å². The van der Waals surface area contributed by atoms with Crippen LogP contribution in [0, 0.1) is 6.92 Å². The highest BCUT2D eigenvalue weighted by Gasteiger charge is 2.30. The molecular formula is C21H27FO4S. The molecule has 6 heteroatoms. The van der Waals surface area contributed by atoms with Gasteiger partial charge in [-0.2, -0.15) is 8.42 Å². The van der Waals surface area contributed by atoms with Gasteiger partial charge in [-0.25, -0.2) is 4.39 Å². The summed E-state index contributed by atoms with van der Waals surface area (Å²) in [7, 11) is -3.75. The Morgan fingerprint density at radius 3 is 2.26 bits per heavy atom. The number of unbranched alkanes of at least 4 members (excludes halogenated alkanes) is 2. The van der Waals surface area contributed by atoms with E-state index in [0.717, 1.165) is 5.56 Å². The molecule has 0 aliphatic heterocycles. The first-order valence-electron chi connectivity index (χ1n) is 9.19. The number of aryl methyl sites for hydroxylation is 1. The summed E-state index contributed by atoms with van der Waals surface area (Å²) in [6.07, 6.45) is 2.08. The minimum atomic E-state index is -3.75. The lowest BCUT2D eigenvalue weighted by atomic mass is 9.87. The predicted octanol–water partition coefficient (Wildman–Crippen LogP) is 4.51. The lowest BCUT2D eigenvalue weighted by molar-refractivity contribution is 0.0989. The van der Waals surface area contributed by atoms with Crippen LogP contribution < -0.4 is 0 Å². The van der Waals surface area contributed by atoms with Gasteiger partial charge in [0.15, 0.2) is 0 Å². The maximum atomic E-state index is 15.2. The normalized spacial score (nSPS) is 14.0. The van der Waals surface area contributed by atoms with Crippen molar-refractivity contribution in [3.8, 4) is 0 Å². The van der Waals surface area contributed by atoms with Crippen molar-refractivity contribution in [1.29, 1.82) is 0 Å². The fourth-order valence-corrected chi connectivity index (χ4v) is 3.90. The maximum absolute atomic E-state index is 15.2. The van der Waals surface area contributed by atoms with Gasteiger partial charge in [0.05, 0.1) is 11.5 Å². The molecule has 148 valence electrons. The van der Waals surface area contributed by atoms with Gasteiger partial charge in [0.2, 0.25) is 0 Å². The van der Waals surface area contributed by atoms with Crippen molar-refractivity contribution in [1.82, 2.24) is 0 Å². The molecule has 1 N–H and O–H groups in total. The monoisotopic (exact) mass is 394 g/mol. The largest absolute Gasteiger partial charge is 0.396 e. The maximum Gasteiger partial charge on any atom is 0.296 e. The first kappa shape index (κ1) is 21.5. The van der Waals surface area contributed by atoms with Gasteiger partial charge in [-0.3, -0.25) is 4.18 Å². The van der Waals surface area contributed by atoms with E-state index in [4.69, 9.17) is 4.18 Å². The van der Waals surface area contributed by atoms with E-state index >= 15 is 4.39 Å². The molecule has 0 bridgehead atoms. The van der Waals surface area contributed by atoms with Crippen LogP contribution >= 0.6 is 0 Å². The molecule has 0 radical (unpaired) electrons.